The van der Waals surface area contributed by atoms with Crippen molar-refractivity contribution in [1.29, 1.82) is 0 Å². The molecule has 0 spiro atoms. The third-order valence-electron chi connectivity index (χ3n) is 3.11. The van der Waals surface area contributed by atoms with Crippen LogP contribution in [0.15, 0.2) is 53.4 Å². The van der Waals surface area contributed by atoms with Gasteiger partial charge in [-0.15, -0.1) is 11.8 Å². The Morgan fingerprint density at radius 1 is 1.21 bits per heavy atom. The molecule has 2 aromatic carbocycles. The van der Waals surface area contributed by atoms with Gasteiger partial charge >= 0.3 is 5.97 Å². The maximum Gasteiger partial charge on any atom is 0.336 e. The summed E-state index contributed by atoms with van der Waals surface area (Å²) in [5.41, 5.74) is 0.315. The van der Waals surface area contributed by atoms with Crippen LogP contribution >= 0.6 is 11.8 Å². The molecule has 0 radical (unpaired) electrons. The Balaban J connectivity index is 2.09. The maximum absolute atomic E-state index is 12.2. The molecule has 24 heavy (non-hydrogen) atoms. The van der Waals surface area contributed by atoms with Crippen molar-refractivity contribution >= 4 is 35.0 Å². The molecule has 0 saturated carbocycles. The number of anilines is 1. The summed E-state index contributed by atoms with van der Waals surface area (Å²) in [5.74, 6) is -1.44. The van der Waals surface area contributed by atoms with Gasteiger partial charge in [-0.1, -0.05) is 18.2 Å². The van der Waals surface area contributed by atoms with Gasteiger partial charge in [0.2, 0.25) is 5.91 Å². The first-order valence-electron chi connectivity index (χ1n) is 6.93. The van der Waals surface area contributed by atoms with Gasteiger partial charge in [-0.2, -0.15) is 0 Å². The van der Waals surface area contributed by atoms with Gasteiger partial charge in [0.25, 0.3) is 5.69 Å². The lowest BCUT2D eigenvalue weighted by molar-refractivity contribution is -0.384. The monoisotopic (exact) mass is 346 g/mol. The van der Waals surface area contributed by atoms with E-state index in [9.17, 15) is 19.7 Å². The SMILES string of the molecule is C[C@@H](Sc1ccccc1C(=O)O)C(=O)Nc1cccc([N+](=O)[O-])c1. The van der Waals surface area contributed by atoms with Crippen LogP contribution in [0.1, 0.15) is 17.3 Å². The molecule has 2 aromatic rings. The van der Waals surface area contributed by atoms with Crippen LogP contribution in [0.25, 0.3) is 0 Å². The topological polar surface area (TPSA) is 110 Å². The molecule has 8 heteroatoms. The molecular weight excluding hydrogens is 332 g/mol. The molecule has 0 bridgehead atoms. The number of amides is 1. The number of carboxylic acid groups (broad SMARTS) is 1. The van der Waals surface area contributed by atoms with Gasteiger partial charge in [-0.05, 0) is 25.1 Å². The first-order valence-corrected chi connectivity index (χ1v) is 7.80. The zero-order valence-corrected chi connectivity index (χ0v) is 13.4. The number of carboxylic acids is 1. The fraction of sp³-hybridized carbons (Fsp3) is 0.125. The van der Waals surface area contributed by atoms with Gasteiger partial charge in [-0.25, -0.2) is 4.79 Å². The number of non-ortho nitro benzene ring substituents is 1. The van der Waals surface area contributed by atoms with Crippen LogP contribution in [-0.4, -0.2) is 27.2 Å². The van der Waals surface area contributed by atoms with Gasteiger partial charge < -0.3 is 10.4 Å². The summed E-state index contributed by atoms with van der Waals surface area (Å²) >= 11 is 1.11. The minimum absolute atomic E-state index is 0.121. The predicted octanol–water partition coefficient (Wildman–Crippen LogP) is 3.41. The molecule has 0 unspecified atom stereocenters. The molecular formula is C16H14N2O5S. The van der Waals surface area contributed by atoms with Crippen molar-refractivity contribution < 1.29 is 19.6 Å². The van der Waals surface area contributed by atoms with E-state index in [-0.39, 0.29) is 17.2 Å². The zero-order valence-electron chi connectivity index (χ0n) is 12.6. The number of carbonyl (C=O) groups excluding carboxylic acids is 1. The number of nitrogens with zero attached hydrogens (tertiary/aromatic N) is 1. The molecule has 0 fully saturated rings. The third kappa shape index (κ3) is 4.32. The summed E-state index contributed by atoms with van der Waals surface area (Å²) in [4.78, 5) is 34.1. The van der Waals surface area contributed by atoms with Crippen LogP contribution in [-0.2, 0) is 4.79 Å². The number of benzene rings is 2. The molecule has 124 valence electrons. The van der Waals surface area contributed by atoms with Crippen LogP contribution in [0.4, 0.5) is 11.4 Å². The second kappa shape index (κ2) is 7.60. The standard InChI is InChI=1S/C16H14N2O5S/c1-10(24-14-8-3-2-7-13(14)16(20)21)15(19)17-11-5-4-6-12(9-11)18(22)23/h2-10H,1H3,(H,17,19)(H,20,21)/t10-/m1/s1. The van der Waals surface area contributed by atoms with Crippen molar-refractivity contribution in [3.63, 3.8) is 0 Å². The quantitative estimate of drug-likeness (QED) is 0.471. The van der Waals surface area contributed by atoms with Gasteiger partial charge in [0.15, 0.2) is 0 Å². The predicted molar refractivity (Wildman–Crippen MR) is 90.4 cm³/mol. The molecule has 2 rings (SSSR count). The number of hydrogen-bond donors (Lipinski definition) is 2. The summed E-state index contributed by atoms with van der Waals surface area (Å²) in [6.07, 6.45) is 0. The number of thioether (sulfide) groups is 1. The molecule has 1 atom stereocenters. The van der Waals surface area contributed by atoms with Crippen molar-refractivity contribution in [3.05, 3.63) is 64.2 Å². The van der Waals surface area contributed by atoms with Crippen molar-refractivity contribution in [1.82, 2.24) is 0 Å². The molecule has 2 N–H and O–H groups in total. The summed E-state index contributed by atoms with van der Waals surface area (Å²) < 4.78 is 0. The molecule has 0 aliphatic heterocycles. The van der Waals surface area contributed by atoms with E-state index >= 15 is 0 Å². The number of carbonyl (C=O) groups is 2. The lowest BCUT2D eigenvalue weighted by Crippen LogP contribution is -2.22. The average molecular weight is 346 g/mol. The number of aromatic carboxylic acids is 1. The van der Waals surface area contributed by atoms with Gasteiger partial charge in [0, 0.05) is 22.7 Å². The second-order valence-electron chi connectivity index (χ2n) is 4.86. The van der Waals surface area contributed by atoms with E-state index in [1.54, 1.807) is 31.2 Å². The van der Waals surface area contributed by atoms with Gasteiger partial charge in [-0.3, -0.25) is 14.9 Å². The normalized spacial score (nSPS) is 11.5. The number of rotatable bonds is 6. The number of hydrogen-bond acceptors (Lipinski definition) is 5. The van der Waals surface area contributed by atoms with Crippen LogP contribution < -0.4 is 5.32 Å². The van der Waals surface area contributed by atoms with Crippen LogP contribution in [0, 0.1) is 10.1 Å². The minimum Gasteiger partial charge on any atom is -0.478 e. The Labute approximate surface area is 141 Å². The highest BCUT2D eigenvalue weighted by molar-refractivity contribution is 8.00. The van der Waals surface area contributed by atoms with Crippen molar-refractivity contribution in [2.45, 2.75) is 17.1 Å². The van der Waals surface area contributed by atoms with Gasteiger partial charge in [0.05, 0.1) is 15.7 Å². The Morgan fingerprint density at radius 2 is 1.92 bits per heavy atom. The largest absolute Gasteiger partial charge is 0.478 e. The van der Waals surface area contributed by atoms with Crippen molar-refractivity contribution in [2.24, 2.45) is 0 Å². The van der Waals surface area contributed by atoms with Crippen molar-refractivity contribution in [2.75, 3.05) is 5.32 Å². The van der Waals surface area contributed by atoms with Crippen LogP contribution in [0.3, 0.4) is 0 Å². The number of nitrogens with one attached hydrogen (secondary N) is 1. The highest BCUT2D eigenvalue weighted by atomic mass is 32.2. The van der Waals surface area contributed by atoms with E-state index in [2.05, 4.69) is 5.32 Å². The number of nitro groups is 1. The summed E-state index contributed by atoms with van der Waals surface area (Å²) in [6, 6.07) is 12.0. The molecule has 7 nitrogen and oxygen atoms in total. The van der Waals surface area contributed by atoms with Crippen molar-refractivity contribution in [3.8, 4) is 0 Å². The molecule has 0 aromatic heterocycles. The lowest BCUT2D eigenvalue weighted by Gasteiger charge is -2.13. The third-order valence-corrected chi connectivity index (χ3v) is 4.29. The average Bonchev–Trinajstić information content (AvgIpc) is 2.55. The Kier molecular flexibility index (Phi) is 5.54. The summed E-state index contributed by atoms with van der Waals surface area (Å²) in [7, 11) is 0. The van der Waals surface area contributed by atoms with E-state index in [1.165, 1.54) is 24.3 Å². The molecule has 0 heterocycles. The van der Waals surface area contributed by atoms with E-state index in [4.69, 9.17) is 5.11 Å². The van der Waals surface area contributed by atoms with Crippen LogP contribution in [0.2, 0.25) is 0 Å². The number of nitro benzene ring substituents is 1. The smallest absolute Gasteiger partial charge is 0.336 e. The first-order chi connectivity index (χ1) is 11.4. The summed E-state index contributed by atoms with van der Waals surface area (Å²) in [5, 5.41) is 21.9. The summed E-state index contributed by atoms with van der Waals surface area (Å²) in [6.45, 7) is 1.63. The molecule has 1 amide bonds. The van der Waals surface area contributed by atoms with E-state index in [1.807, 2.05) is 0 Å². The highest BCUT2D eigenvalue weighted by Crippen LogP contribution is 2.28. The Hall–Kier alpha value is -2.87. The Morgan fingerprint density at radius 3 is 2.58 bits per heavy atom. The zero-order chi connectivity index (χ0) is 17.7. The fourth-order valence-corrected chi connectivity index (χ4v) is 2.92. The van der Waals surface area contributed by atoms with Gasteiger partial charge in [0.1, 0.15) is 0 Å². The fourth-order valence-electron chi connectivity index (χ4n) is 1.93. The van der Waals surface area contributed by atoms with E-state index in [0.29, 0.717) is 10.6 Å². The lowest BCUT2D eigenvalue weighted by atomic mass is 10.2. The molecule has 0 saturated heterocycles. The minimum atomic E-state index is -1.07. The van der Waals surface area contributed by atoms with E-state index < -0.39 is 16.1 Å². The first kappa shape index (κ1) is 17.5. The maximum atomic E-state index is 12.2. The highest BCUT2D eigenvalue weighted by Gasteiger charge is 2.19. The van der Waals surface area contributed by atoms with Crippen LogP contribution in [0.5, 0.6) is 0 Å². The van der Waals surface area contributed by atoms with E-state index in [0.717, 1.165) is 11.8 Å². The Bertz CT molecular complexity index is 794. The second-order valence-corrected chi connectivity index (χ2v) is 6.24. The molecule has 0 aliphatic carbocycles. The molecule has 0 aliphatic rings.